The number of methoxy groups -OCH3 is 1. The number of rotatable bonds is 3. The van der Waals surface area contributed by atoms with Crippen molar-refractivity contribution in [2.45, 2.75) is 12.3 Å². The summed E-state index contributed by atoms with van der Waals surface area (Å²) in [7, 11) is 1.65. The Kier molecular flexibility index (Phi) is 3.39. The third kappa shape index (κ3) is 2.16. The van der Waals surface area contributed by atoms with Gasteiger partial charge >= 0.3 is 0 Å². The smallest absolute Gasteiger partial charge is 0.162 e. The van der Waals surface area contributed by atoms with Crippen molar-refractivity contribution in [3.63, 3.8) is 0 Å². The number of hydrogen-bond acceptors (Lipinski definition) is 4. The van der Waals surface area contributed by atoms with E-state index in [-0.39, 0.29) is 11.2 Å². The zero-order valence-corrected chi connectivity index (χ0v) is 10.3. The van der Waals surface area contributed by atoms with Gasteiger partial charge in [-0.15, -0.1) is 11.8 Å². The van der Waals surface area contributed by atoms with Gasteiger partial charge < -0.3 is 9.64 Å². The molecule has 0 unspecified atom stereocenters. The SMILES string of the molecule is COc1ccc(N2CCS[C@@H]2C(C)=O)cc1. The third-order valence-corrected chi connectivity index (χ3v) is 3.96. The molecule has 2 rings (SSSR count). The summed E-state index contributed by atoms with van der Waals surface area (Å²) in [6.45, 7) is 2.58. The first-order valence-electron chi connectivity index (χ1n) is 5.25. The van der Waals surface area contributed by atoms with Gasteiger partial charge in [0.05, 0.1) is 7.11 Å². The second-order valence-corrected chi connectivity index (χ2v) is 4.91. The van der Waals surface area contributed by atoms with Crippen LogP contribution in [0.25, 0.3) is 0 Å². The maximum absolute atomic E-state index is 11.5. The third-order valence-electron chi connectivity index (χ3n) is 2.64. The molecule has 1 aliphatic heterocycles. The van der Waals surface area contributed by atoms with E-state index in [0.29, 0.717) is 0 Å². The fourth-order valence-electron chi connectivity index (χ4n) is 1.84. The van der Waals surface area contributed by atoms with Crippen LogP contribution in [0.4, 0.5) is 5.69 Å². The maximum Gasteiger partial charge on any atom is 0.162 e. The monoisotopic (exact) mass is 237 g/mol. The summed E-state index contributed by atoms with van der Waals surface area (Å²) in [4.78, 5) is 13.6. The second-order valence-electron chi connectivity index (χ2n) is 3.73. The number of hydrogen-bond donors (Lipinski definition) is 0. The summed E-state index contributed by atoms with van der Waals surface area (Å²) in [5.41, 5.74) is 1.09. The molecule has 1 atom stereocenters. The zero-order chi connectivity index (χ0) is 11.5. The molecule has 0 saturated carbocycles. The molecule has 0 amide bonds. The number of anilines is 1. The van der Waals surface area contributed by atoms with Crippen LogP contribution in [0.15, 0.2) is 24.3 Å². The molecular formula is C12H15NO2S. The number of thioether (sulfide) groups is 1. The molecule has 86 valence electrons. The van der Waals surface area contributed by atoms with Crippen LogP contribution in [0.2, 0.25) is 0 Å². The molecule has 0 radical (unpaired) electrons. The highest BCUT2D eigenvalue weighted by Crippen LogP contribution is 2.30. The molecule has 1 aromatic carbocycles. The predicted octanol–water partition coefficient (Wildman–Crippen LogP) is 2.16. The van der Waals surface area contributed by atoms with Gasteiger partial charge in [0.2, 0.25) is 0 Å². The second kappa shape index (κ2) is 4.78. The summed E-state index contributed by atoms with van der Waals surface area (Å²) < 4.78 is 5.12. The average molecular weight is 237 g/mol. The fraction of sp³-hybridized carbons (Fsp3) is 0.417. The number of benzene rings is 1. The number of ketones is 1. The molecule has 0 N–H and O–H groups in total. The first kappa shape index (κ1) is 11.3. The first-order valence-corrected chi connectivity index (χ1v) is 6.30. The number of ether oxygens (including phenoxy) is 1. The lowest BCUT2D eigenvalue weighted by molar-refractivity contribution is -0.116. The van der Waals surface area contributed by atoms with Gasteiger partial charge in [0.15, 0.2) is 5.78 Å². The molecule has 1 heterocycles. The summed E-state index contributed by atoms with van der Waals surface area (Å²) in [5, 5.41) is -0.0200. The molecule has 3 nitrogen and oxygen atoms in total. The van der Waals surface area contributed by atoms with Gasteiger partial charge in [0, 0.05) is 18.0 Å². The van der Waals surface area contributed by atoms with E-state index in [4.69, 9.17) is 4.74 Å². The fourth-order valence-corrected chi connectivity index (χ4v) is 3.01. The molecule has 0 spiro atoms. The van der Waals surface area contributed by atoms with Gasteiger partial charge in [0.25, 0.3) is 0 Å². The quantitative estimate of drug-likeness (QED) is 0.805. The lowest BCUT2D eigenvalue weighted by atomic mass is 10.2. The van der Waals surface area contributed by atoms with Crippen LogP contribution in [0.5, 0.6) is 5.75 Å². The van der Waals surface area contributed by atoms with E-state index in [1.54, 1.807) is 25.8 Å². The highest BCUT2D eigenvalue weighted by molar-refractivity contribution is 8.01. The van der Waals surface area contributed by atoms with Crippen LogP contribution >= 0.6 is 11.8 Å². The van der Waals surface area contributed by atoms with Crippen molar-refractivity contribution in [1.29, 1.82) is 0 Å². The van der Waals surface area contributed by atoms with E-state index < -0.39 is 0 Å². The predicted molar refractivity (Wildman–Crippen MR) is 67.3 cm³/mol. The van der Waals surface area contributed by atoms with Gasteiger partial charge in [-0.05, 0) is 31.2 Å². The number of Topliss-reactive ketones (excluding diaryl/α,β-unsaturated/α-hetero) is 1. The Bertz CT molecular complexity index is 377. The molecule has 1 aromatic rings. The van der Waals surface area contributed by atoms with Crippen LogP contribution in [-0.2, 0) is 4.79 Å². The van der Waals surface area contributed by atoms with E-state index in [2.05, 4.69) is 4.90 Å². The molecule has 1 fully saturated rings. The van der Waals surface area contributed by atoms with Gasteiger partial charge in [-0.1, -0.05) is 0 Å². The van der Waals surface area contributed by atoms with Crippen molar-refractivity contribution in [3.05, 3.63) is 24.3 Å². The highest BCUT2D eigenvalue weighted by Gasteiger charge is 2.28. The molecular weight excluding hydrogens is 222 g/mol. The Morgan fingerprint density at radius 3 is 2.69 bits per heavy atom. The number of carbonyl (C=O) groups excluding carboxylic acids is 1. The average Bonchev–Trinajstić information content (AvgIpc) is 2.78. The van der Waals surface area contributed by atoms with Crippen LogP contribution in [-0.4, -0.2) is 30.6 Å². The minimum Gasteiger partial charge on any atom is -0.497 e. The highest BCUT2D eigenvalue weighted by atomic mass is 32.2. The van der Waals surface area contributed by atoms with Crippen LogP contribution in [0.3, 0.4) is 0 Å². The normalized spacial score (nSPS) is 19.9. The molecule has 4 heteroatoms. The molecule has 0 aromatic heterocycles. The van der Waals surface area contributed by atoms with E-state index in [1.807, 2.05) is 24.3 Å². The standard InChI is InChI=1S/C12H15NO2S/c1-9(14)12-13(7-8-16-12)10-3-5-11(15-2)6-4-10/h3-6,12H,7-8H2,1-2H3/t12-/m1/s1. The summed E-state index contributed by atoms with van der Waals surface area (Å²) in [5.74, 6) is 2.07. The van der Waals surface area contributed by atoms with Crippen molar-refractivity contribution in [3.8, 4) is 5.75 Å². The van der Waals surface area contributed by atoms with Crippen molar-refractivity contribution < 1.29 is 9.53 Å². The van der Waals surface area contributed by atoms with E-state index in [0.717, 1.165) is 23.7 Å². The molecule has 1 saturated heterocycles. The Balaban J connectivity index is 2.19. The Hall–Kier alpha value is -1.16. The summed E-state index contributed by atoms with van der Waals surface area (Å²) in [6, 6.07) is 7.85. The largest absolute Gasteiger partial charge is 0.497 e. The van der Waals surface area contributed by atoms with Crippen molar-refractivity contribution >= 4 is 23.2 Å². The van der Waals surface area contributed by atoms with E-state index in [1.165, 1.54) is 0 Å². The number of carbonyl (C=O) groups is 1. The Morgan fingerprint density at radius 2 is 2.12 bits per heavy atom. The van der Waals surface area contributed by atoms with Gasteiger partial charge in [-0.3, -0.25) is 4.79 Å². The summed E-state index contributed by atoms with van der Waals surface area (Å²) >= 11 is 1.71. The number of nitrogens with zero attached hydrogens (tertiary/aromatic N) is 1. The van der Waals surface area contributed by atoms with Crippen molar-refractivity contribution in [2.75, 3.05) is 24.3 Å². The van der Waals surface area contributed by atoms with E-state index in [9.17, 15) is 4.79 Å². The lowest BCUT2D eigenvalue weighted by Gasteiger charge is -2.23. The first-order chi connectivity index (χ1) is 7.72. The molecule has 0 aliphatic carbocycles. The van der Waals surface area contributed by atoms with Crippen LogP contribution in [0.1, 0.15) is 6.92 Å². The van der Waals surface area contributed by atoms with Gasteiger partial charge in [-0.25, -0.2) is 0 Å². The van der Waals surface area contributed by atoms with Gasteiger partial charge in [-0.2, -0.15) is 0 Å². The van der Waals surface area contributed by atoms with Crippen LogP contribution in [0, 0.1) is 0 Å². The Labute approximate surface area is 99.8 Å². The van der Waals surface area contributed by atoms with Crippen molar-refractivity contribution in [1.82, 2.24) is 0 Å². The zero-order valence-electron chi connectivity index (χ0n) is 9.47. The lowest BCUT2D eigenvalue weighted by Crippen LogP contribution is -2.33. The minimum absolute atomic E-state index is 0.0200. The van der Waals surface area contributed by atoms with Gasteiger partial charge in [0.1, 0.15) is 11.1 Å². The molecule has 16 heavy (non-hydrogen) atoms. The van der Waals surface area contributed by atoms with E-state index >= 15 is 0 Å². The topological polar surface area (TPSA) is 29.5 Å². The van der Waals surface area contributed by atoms with Crippen LogP contribution < -0.4 is 9.64 Å². The maximum atomic E-state index is 11.5. The van der Waals surface area contributed by atoms with Crippen molar-refractivity contribution in [2.24, 2.45) is 0 Å². The Morgan fingerprint density at radius 1 is 1.44 bits per heavy atom. The summed E-state index contributed by atoms with van der Waals surface area (Å²) in [6.07, 6.45) is 0. The molecule has 0 bridgehead atoms. The minimum atomic E-state index is -0.0200. The molecule has 1 aliphatic rings.